The molecule has 1 amide bonds. The van der Waals surface area contributed by atoms with Gasteiger partial charge in [-0.25, -0.2) is 13.2 Å². The number of nitrogens with two attached hydrogens (primary N) is 1. The number of amides is 1. The molecule has 2 aromatic carbocycles. The van der Waals surface area contributed by atoms with Crippen LogP contribution in [0.2, 0.25) is 0 Å². The fraction of sp³-hybridized carbons (Fsp3) is 0.0714. The van der Waals surface area contributed by atoms with Crippen LogP contribution in [0.3, 0.4) is 0 Å². The van der Waals surface area contributed by atoms with Crippen molar-refractivity contribution < 1.29 is 18.0 Å². The maximum absolute atomic E-state index is 13.5. The molecule has 0 saturated heterocycles. The summed E-state index contributed by atoms with van der Waals surface area (Å²) in [6, 6.07) is 6.86. The van der Waals surface area contributed by atoms with Gasteiger partial charge < -0.3 is 11.1 Å². The molecule has 104 valence electrons. The Balaban J connectivity index is 2.13. The average molecular weight is 280 g/mol. The summed E-state index contributed by atoms with van der Waals surface area (Å²) in [5.41, 5.74) is 5.46. The SMILES string of the molecule is Nc1cccc(F)c1NC(=O)Cc1ccc(F)cc1F. The van der Waals surface area contributed by atoms with Crippen molar-refractivity contribution in [2.24, 2.45) is 0 Å². The summed E-state index contributed by atoms with van der Waals surface area (Å²) in [5.74, 6) is -2.89. The number of nitrogens with one attached hydrogen (secondary N) is 1. The lowest BCUT2D eigenvalue weighted by molar-refractivity contribution is -0.115. The van der Waals surface area contributed by atoms with Crippen LogP contribution in [0.4, 0.5) is 24.5 Å². The third-order valence-electron chi connectivity index (χ3n) is 2.68. The lowest BCUT2D eigenvalue weighted by atomic mass is 10.1. The summed E-state index contributed by atoms with van der Waals surface area (Å²) >= 11 is 0. The molecule has 0 saturated carbocycles. The van der Waals surface area contributed by atoms with Crippen LogP contribution in [0.25, 0.3) is 0 Å². The molecular formula is C14H11F3N2O. The molecule has 0 atom stereocenters. The Labute approximate surface area is 113 Å². The zero-order valence-electron chi connectivity index (χ0n) is 10.3. The van der Waals surface area contributed by atoms with E-state index in [1.807, 2.05) is 0 Å². The third-order valence-corrected chi connectivity index (χ3v) is 2.68. The quantitative estimate of drug-likeness (QED) is 0.849. The van der Waals surface area contributed by atoms with Crippen molar-refractivity contribution >= 4 is 17.3 Å². The number of carbonyl (C=O) groups excluding carboxylic acids is 1. The lowest BCUT2D eigenvalue weighted by Gasteiger charge is -2.09. The van der Waals surface area contributed by atoms with E-state index in [1.165, 1.54) is 12.1 Å². The molecule has 3 nitrogen and oxygen atoms in total. The normalized spacial score (nSPS) is 10.3. The van der Waals surface area contributed by atoms with Crippen LogP contribution in [0.15, 0.2) is 36.4 Å². The maximum Gasteiger partial charge on any atom is 0.229 e. The molecule has 0 aliphatic heterocycles. The van der Waals surface area contributed by atoms with E-state index in [0.717, 1.165) is 18.2 Å². The van der Waals surface area contributed by atoms with Crippen molar-refractivity contribution in [3.05, 3.63) is 59.4 Å². The van der Waals surface area contributed by atoms with Crippen molar-refractivity contribution in [3.8, 4) is 0 Å². The molecule has 0 unspecified atom stereocenters. The van der Waals surface area contributed by atoms with Gasteiger partial charge in [0.1, 0.15) is 23.1 Å². The molecule has 0 aliphatic carbocycles. The molecule has 2 aromatic rings. The number of halogens is 3. The largest absolute Gasteiger partial charge is 0.397 e. The van der Waals surface area contributed by atoms with Gasteiger partial charge in [-0.1, -0.05) is 12.1 Å². The molecule has 0 radical (unpaired) electrons. The minimum atomic E-state index is -0.832. The van der Waals surface area contributed by atoms with Gasteiger partial charge in [-0.05, 0) is 23.8 Å². The minimum Gasteiger partial charge on any atom is -0.397 e. The van der Waals surface area contributed by atoms with E-state index in [1.54, 1.807) is 0 Å². The molecule has 0 aromatic heterocycles. The first kappa shape index (κ1) is 13.9. The topological polar surface area (TPSA) is 55.1 Å². The predicted molar refractivity (Wildman–Crippen MR) is 69.5 cm³/mol. The Hall–Kier alpha value is -2.50. The minimum absolute atomic E-state index is 0.0128. The number of hydrogen-bond acceptors (Lipinski definition) is 2. The van der Waals surface area contributed by atoms with Crippen LogP contribution in [0, 0.1) is 17.5 Å². The second kappa shape index (κ2) is 5.64. The first-order valence-corrected chi connectivity index (χ1v) is 5.75. The number of benzene rings is 2. The van der Waals surface area contributed by atoms with Gasteiger partial charge in [-0.3, -0.25) is 4.79 Å². The Bertz CT molecular complexity index is 639. The Morgan fingerprint density at radius 2 is 1.85 bits per heavy atom. The first-order valence-electron chi connectivity index (χ1n) is 5.75. The van der Waals surface area contributed by atoms with Crippen LogP contribution in [0.5, 0.6) is 0 Å². The zero-order chi connectivity index (χ0) is 14.7. The summed E-state index contributed by atoms with van der Waals surface area (Å²) in [7, 11) is 0. The lowest BCUT2D eigenvalue weighted by Crippen LogP contribution is -2.17. The fourth-order valence-corrected chi connectivity index (χ4v) is 1.69. The van der Waals surface area contributed by atoms with Crippen LogP contribution in [-0.2, 0) is 11.2 Å². The highest BCUT2D eigenvalue weighted by Gasteiger charge is 2.13. The molecule has 0 bridgehead atoms. The van der Waals surface area contributed by atoms with Crippen LogP contribution < -0.4 is 11.1 Å². The van der Waals surface area contributed by atoms with Crippen molar-refractivity contribution in [1.29, 1.82) is 0 Å². The summed E-state index contributed by atoms with van der Waals surface area (Å²) < 4.78 is 39.6. The molecule has 2 rings (SSSR count). The number of hydrogen-bond donors (Lipinski definition) is 2. The summed E-state index contributed by atoms with van der Waals surface area (Å²) in [5, 5.41) is 2.27. The van der Waals surface area contributed by atoms with Crippen LogP contribution >= 0.6 is 0 Å². The van der Waals surface area contributed by atoms with Crippen molar-refractivity contribution in [2.75, 3.05) is 11.1 Å². The first-order chi connectivity index (χ1) is 9.47. The molecule has 20 heavy (non-hydrogen) atoms. The smallest absolute Gasteiger partial charge is 0.229 e. The Morgan fingerprint density at radius 3 is 2.50 bits per heavy atom. The van der Waals surface area contributed by atoms with Gasteiger partial charge in [-0.15, -0.1) is 0 Å². The van der Waals surface area contributed by atoms with E-state index >= 15 is 0 Å². The Kier molecular flexibility index (Phi) is 3.93. The van der Waals surface area contributed by atoms with Gasteiger partial charge in [0.05, 0.1) is 12.1 Å². The number of nitrogen functional groups attached to an aromatic ring is 1. The van der Waals surface area contributed by atoms with E-state index in [4.69, 9.17) is 5.73 Å². The van der Waals surface area contributed by atoms with Gasteiger partial charge in [0, 0.05) is 6.07 Å². The van der Waals surface area contributed by atoms with Gasteiger partial charge in [0.15, 0.2) is 0 Å². The van der Waals surface area contributed by atoms with Crippen LogP contribution in [0.1, 0.15) is 5.56 Å². The second-order valence-corrected chi connectivity index (χ2v) is 4.16. The molecular weight excluding hydrogens is 269 g/mol. The molecule has 0 aliphatic rings. The number of carbonyl (C=O) groups is 1. The molecule has 3 N–H and O–H groups in total. The number of anilines is 2. The standard InChI is InChI=1S/C14H11F3N2O/c15-9-5-4-8(11(17)7-9)6-13(20)19-14-10(16)2-1-3-12(14)18/h1-5,7H,6,18H2,(H,19,20). The molecule has 0 spiro atoms. The summed E-state index contributed by atoms with van der Waals surface area (Å²) in [6.45, 7) is 0. The van der Waals surface area contributed by atoms with Gasteiger partial charge in [0.25, 0.3) is 0 Å². The van der Waals surface area contributed by atoms with E-state index in [-0.39, 0.29) is 23.4 Å². The van der Waals surface area contributed by atoms with Gasteiger partial charge in [-0.2, -0.15) is 0 Å². The highest BCUT2D eigenvalue weighted by Crippen LogP contribution is 2.22. The van der Waals surface area contributed by atoms with E-state index < -0.39 is 23.4 Å². The van der Waals surface area contributed by atoms with Crippen molar-refractivity contribution in [3.63, 3.8) is 0 Å². The number of para-hydroxylation sites is 1. The maximum atomic E-state index is 13.5. The zero-order valence-corrected chi connectivity index (χ0v) is 10.3. The van der Waals surface area contributed by atoms with Crippen molar-refractivity contribution in [2.45, 2.75) is 6.42 Å². The monoisotopic (exact) mass is 280 g/mol. The second-order valence-electron chi connectivity index (χ2n) is 4.16. The molecule has 0 heterocycles. The van der Waals surface area contributed by atoms with Gasteiger partial charge >= 0.3 is 0 Å². The fourth-order valence-electron chi connectivity index (χ4n) is 1.69. The van der Waals surface area contributed by atoms with Gasteiger partial charge in [0.2, 0.25) is 5.91 Å². The predicted octanol–water partition coefficient (Wildman–Crippen LogP) is 2.87. The van der Waals surface area contributed by atoms with E-state index in [0.29, 0.717) is 6.07 Å². The summed E-state index contributed by atoms with van der Waals surface area (Å²) in [6.07, 6.45) is -0.347. The Morgan fingerprint density at radius 1 is 1.10 bits per heavy atom. The average Bonchev–Trinajstić information content (AvgIpc) is 2.37. The number of rotatable bonds is 3. The van der Waals surface area contributed by atoms with E-state index in [9.17, 15) is 18.0 Å². The highest BCUT2D eigenvalue weighted by atomic mass is 19.1. The van der Waals surface area contributed by atoms with Crippen LogP contribution in [-0.4, -0.2) is 5.91 Å². The van der Waals surface area contributed by atoms with E-state index in [2.05, 4.69) is 5.32 Å². The molecule has 0 fully saturated rings. The van der Waals surface area contributed by atoms with Crippen molar-refractivity contribution in [1.82, 2.24) is 0 Å². The third kappa shape index (κ3) is 3.09. The summed E-state index contributed by atoms with van der Waals surface area (Å²) in [4.78, 5) is 11.7. The molecule has 6 heteroatoms. The highest BCUT2D eigenvalue weighted by molar-refractivity contribution is 5.95.